The number of carbonyl (C=O) groups is 1. The second-order valence-corrected chi connectivity index (χ2v) is 4.70. The number of carbonyl (C=O) groups excluding carboxylic acids is 1. The lowest BCUT2D eigenvalue weighted by Crippen LogP contribution is -2.17. The highest BCUT2D eigenvalue weighted by molar-refractivity contribution is 5.70. The van der Waals surface area contributed by atoms with E-state index in [1.165, 1.54) is 0 Å². The standard InChI is InChI=1S/C16H19N3O3/c1-3-22-16(20)10-13(17)11-5-4-6-12(9-11)14-7-8-15(21-2)19-18-14/h4-9,13H,3,10,17H2,1-2H3/t13-/m0/s1. The van der Waals surface area contributed by atoms with E-state index < -0.39 is 6.04 Å². The Hall–Kier alpha value is -2.47. The third-order valence-corrected chi connectivity index (χ3v) is 3.15. The third kappa shape index (κ3) is 4.02. The first-order valence-electron chi connectivity index (χ1n) is 7.03. The first kappa shape index (κ1) is 15.9. The summed E-state index contributed by atoms with van der Waals surface area (Å²) >= 11 is 0. The zero-order valence-electron chi connectivity index (χ0n) is 12.7. The van der Waals surface area contributed by atoms with Crippen LogP contribution in [0.25, 0.3) is 11.3 Å². The van der Waals surface area contributed by atoms with Crippen LogP contribution in [0.1, 0.15) is 24.9 Å². The molecule has 0 radical (unpaired) electrons. The molecule has 116 valence electrons. The first-order chi connectivity index (χ1) is 10.6. The second kappa shape index (κ2) is 7.51. The van der Waals surface area contributed by atoms with Gasteiger partial charge < -0.3 is 15.2 Å². The number of ether oxygens (including phenoxy) is 2. The summed E-state index contributed by atoms with van der Waals surface area (Å²) in [7, 11) is 1.54. The minimum Gasteiger partial charge on any atom is -0.480 e. The number of nitrogens with two attached hydrogens (primary N) is 1. The summed E-state index contributed by atoms with van der Waals surface area (Å²) in [5.74, 6) is 0.156. The van der Waals surface area contributed by atoms with Gasteiger partial charge in [0.1, 0.15) is 0 Å². The van der Waals surface area contributed by atoms with E-state index in [0.717, 1.165) is 11.1 Å². The lowest BCUT2D eigenvalue weighted by Gasteiger charge is -2.12. The van der Waals surface area contributed by atoms with Crippen LogP contribution in [0.15, 0.2) is 36.4 Å². The SMILES string of the molecule is CCOC(=O)C[C@H](N)c1cccc(-c2ccc(OC)nn2)c1. The molecule has 0 spiro atoms. The van der Waals surface area contributed by atoms with Crippen LogP contribution in [0.5, 0.6) is 5.88 Å². The summed E-state index contributed by atoms with van der Waals surface area (Å²) in [6, 6.07) is 10.7. The summed E-state index contributed by atoms with van der Waals surface area (Å²) in [6.45, 7) is 2.12. The lowest BCUT2D eigenvalue weighted by molar-refractivity contribution is -0.143. The fourth-order valence-corrected chi connectivity index (χ4v) is 2.03. The molecule has 1 atom stereocenters. The molecule has 0 bridgehead atoms. The van der Waals surface area contributed by atoms with E-state index in [2.05, 4.69) is 10.2 Å². The van der Waals surface area contributed by atoms with Gasteiger partial charge in [0.15, 0.2) is 0 Å². The molecule has 1 heterocycles. The number of aromatic nitrogens is 2. The maximum atomic E-state index is 11.5. The van der Waals surface area contributed by atoms with Crippen molar-refractivity contribution in [2.24, 2.45) is 5.73 Å². The van der Waals surface area contributed by atoms with Gasteiger partial charge in [-0.25, -0.2) is 0 Å². The van der Waals surface area contributed by atoms with Gasteiger partial charge in [-0.2, -0.15) is 0 Å². The molecule has 0 unspecified atom stereocenters. The van der Waals surface area contributed by atoms with Crippen LogP contribution in [-0.4, -0.2) is 29.9 Å². The number of hydrogen-bond donors (Lipinski definition) is 1. The number of hydrogen-bond acceptors (Lipinski definition) is 6. The molecule has 0 saturated heterocycles. The summed E-state index contributed by atoms with van der Waals surface area (Å²) in [5, 5.41) is 8.05. The summed E-state index contributed by atoms with van der Waals surface area (Å²) in [6.07, 6.45) is 0.144. The van der Waals surface area contributed by atoms with Gasteiger partial charge in [0.05, 0.1) is 25.8 Å². The van der Waals surface area contributed by atoms with Crippen LogP contribution in [0, 0.1) is 0 Å². The van der Waals surface area contributed by atoms with Crippen molar-refractivity contribution in [3.63, 3.8) is 0 Å². The van der Waals surface area contributed by atoms with E-state index in [0.29, 0.717) is 18.2 Å². The molecule has 0 saturated carbocycles. The number of esters is 1. The van der Waals surface area contributed by atoms with Crippen LogP contribution in [0.2, 0.25) is 0 Å². The smallest absolute Gasteiger partial charge is 0.307 e. The molecule has 0 amide bonds. The number of methoxy groups -OCH3 is 1. The van der Waals surface area contributed by atoms with Crippen LogP contribution < -0.4 is 10.5 Å². The molecular weight excluding hydrogens is 282 g/mol. The third-order valence-electron chi connectivity index (χ3n) is 3.15. The van der Waals surface area contributed by atoms with Gasteiger partial charge in [-0.1, -0.05) is 18.2 Å². The Morgan fingerprint density at radius 2 is 2.09 bits per heavy atom. The highest BCUT2D eigenvalue weighted by atomic mass is 16.5. The monoisotopic (exact) mass is 301 g/mol. The number of benzene rings is 1. The van der Waals surface area contributed by atoms with Crippen molar-refractivity contribution in [2.45, 2.75) is 19.4 Å². The predicted octanol–water partition coefficient (Wildman–Crippen LogP) is 2.11. The highest BCUT2D eigenvalue weighted by Crippen LogP contribution is 2.23. The molecule has 0 aliphatic heterocycles. The molecule has 6 nitrogen and oxygen atoms in total. The molecule has 6 heteroatoms. The van der Waals surface area contributed by atoms with Gasteiger partial charge >= 0.3 is 5.97 Å². The van der Waals surface area contributed by atoms with E-state index in [-0.39, 0.29) is 12.4 Å². The fraction of sp³-hybridized carbons (Fsp3) is 0.312. The molecule has 0 aliphatic carbocycles. The molecule has 1 aromatic carbocycles. The van der Waals surface area contributed by atoms with Gasteiger partial charge in [0.2, 0.25) is 5.88 Å². The van der Waals surface area contributed by atoms with Crippen LogP contribution in [0.4, 0.5) is 0 Å². The maximum absolute atomic E-state index is 11.5. The van der Waals surface area contributed by atoms with E-state index >= 15 is 0 Å². The molecule has 2 N–H and O–H groups in total. The first-order valence-corrected chi connectivity index (χ1v) is 7.03. The van der Waals surface area contributed by atoms with Crippen LogP contribution in [-0.2, 0) is 9.53 Å². The van der Waals surface area contributed by atoms with Crippen molar-refractivity contribution >= 4 is 5.97 Å². The predicted molar refractivity (Wildman–Crippen MR) is 82.2 cm³/mol. The minimum absolute atomic E-state index is 0.144. The minimum atomic E-state index is -0.412. The second-order valence-electron chi connectivity index (χ2n) is 4.70. The number of rotatable bonds is 6. The molecular formula is C16H19N3O3. The van der Waals surface area contributed by atoms with Crippen molar-refractivity contribution in [2.75, 3.05) is 13.7 Å². The fourth-order valence-electron chi connectivity index (χ4n) is 2.03. The normalized spacial score (nSPS) is 11.8. The average Bonchev–Trinajstić information content (AvgIpc) is 2.55. The average molecular weight is 301 g/mol. The highest BCUT2D eigenvalue weighted by Gasteiger charge is 2.13. The van der Waals surface area contributed by atoms with Crippen LogP contribution >= 0.6 is 0 Å². The summed E-state index contributed by atoms with van der Waals surface area (Å²) in [5.41, 5.74) is 8.51. The van der Waals surface area contributed by atoms with Crippen molar-refractivity contribution < 1.29 is 14.3 Å². The summed E-state index contributed by atoms with van der Waals surface area (Å²) < 4.78 is 9.91. The van der Waals surface area contributed by atoms with E-state index in [9.17, 15) is 4.79 Å². The Balaban J connectivity index is 2.16. The quantitative estimate of drug-likeness (QED) is 0.822. The van der Waals surface area contributed by atoms with E-state index in [1.807, 2.05) is 30.3 Å². The van der Waals surface area contributed by atoms with Crippen molar-refractivity contribution in [1.82, 2.24) is 10.2 Å². The van der Waals surface area contributed by atoms with Gasteiger partial charge in [0.25, 0.3) is 0 Å². The Kier molecular flexibility index (Phi) is 5.43. The van der Waals surface area contributed by atoms with E-state index in [4.69, 9.17) is 15.2 Å². The topological polar surface area (TPSA) is 87.3 Å². The molecule has 1 aromatic heterocycles. The van der Waals surface area contributed by atoms with Crippen LogP contribution in [0.3, 0.4) is 0 Å². The van der Waals surface area contributed by atoms with Crippen molar-refractivity contribution in [3.05, 3.63) is 42.0 Å². The Morgan fingerprint density at radius 1 is 1.27 bits per heavy atom. The molecule has 2 rings (SSSR count). The van der Waals surface area contributed by atoms with E-state index in [1.54, 1.807) is 20.1 Å². The summed E-state index contributed by atoms with van der Waals surface area (Å²) in [4.78, 5) is 11.5. The lowest BCUT2D eigenvalue weighted by atomic mass is 10.0. The molecule has 0 fully saturated rings. The van der Waals surface area contributed by atoms with Gasteiger partial charge in [-0.05, 0) is 24.6 Å². The Labute approximate surface area is 129 Å². The Bertz CT molecular complexity index is 629. The zero-order valence-corrected chi connectivity index (χ0v) is 12.7. The molecule has 2 aromatic rings. The van der Waals surface area contributed by atoms with Gasteiger partial charge in [-0.3, -0.25) is 4.79 Å². The molecule has 22 heavy (non-hydrogen) atoms. The van der Waals surface area contributed by atoms with Crippen molar-refractivity contribution in [3.8, 4) is 17.1 Å². The number of nitrogens with zero attached hydrogens (tertiary/aromatic N) is 2. The zero-order chi connectivity index (χ0) is 15.9. The van der Waals surface area contributed by atoms with Gasteiger partial charge in [-0.15, -0.1) is 10.2 Å². The van der Waals surface area contributed by atoms with Crippen molar-refractivity contribution in [1.29, 1.82) is 0 Å². The maximum Gasteiger partial charge on any atom is 0.307 e. The Morgan fingerprint density at radius 3 is 2.73 bits per heavy atom. The largest absolute Gasteiger partial charge is 0.480 e. The molecule has 0 aliphatic rings. The van der Waals surface area contributed by atoms with Gasteiger partial charge in [0, 0.05) is 17.7 Å².